The van der Waals surface area contributed by atoms with Gasteiger partial charge in [0.15, 0.2) is 4.96 Å². The molecular formula is C20H18N4O3S. The molecule has 4 aromatic rings. The quantitative estimate of drug-likeness (QED) is 0.394. The number of nitro benzene ring substituents is 1. The minimum Gasteiger partial charge on any atom is -0.372 e. The number of aromatic nitrogens is 2. The molecule has 0 spiro atoms. The van der Waals surface area contributed by atoms with Crippen LogP contribution in [0, 0.1) is 24.0 Å². The van der Waals surface area contributed by atoms with E-state index in [1.165, 1.54) is 17.4 Å². The Hall–Kier alpha value is -3.26. The van der Waals surface area contributed by atoms with Crippen LogP contribution in [0.3, 0.4) is 0 Å². The number of fused-ring (bicyclic) bond motifs is 3. The zero-order valence-electron chi connectivity index (χ0n) is 15.9. The van der Waals surface area contributed by atoms with Crippen molar-refractivity contribution < 1.29 is 4.92 Å². The number of imidazole rings is 1. The first-order valence-electron chi connectivity index (χ1n) is 8.66. The Balaban J connectivity index is 1.92. The van der Waals surface area contributed by atoms with E-state index in [-0.39, 0.29) is 11.2 Å². The summed E-state index contributed by atoms with van der Waals surface area (Å²) in [6, 6.07) is 8.91. The van der Waals surface area contributed by atoms with Gasteiger partial charge in [-0.05, 0) is 54.8 Å². The fraction of sp³-hybridized carbons (Fsp3) is 0.200. The average Bonchev–Trinajstić information content (AvgIpc) is 3.11. The van der Waals surface area contributed by atoms with Gasteiger partial charge in [-0.3, -0.25) is 14.9 Å². The number of nitrogens with zero attached hydrogens (tertiary/aromatic N) is 4. The molecule has 0 saturated carbocycles. The van der Waals surface area contributed by atoms with Gasteiger partial charge in [0.1, 0.15) is 5.69 Å². The van der Waals surface area contributed by atoms with E-state index in [4.69, 9.17) is 0 Å². The second-order valence-electron chi connectivity index (χ2n) is 6.97. The van der Waals surface area contributed by atoms with Crippen molar-refractivity contribution in [2.24, 2.45) is 0 Å². The normalized spacial score (nSPS) is 12.2. The van der Waals surface area contributed by atoms with Crippen LogP contribution in [0.25, 0.3) is 22.1 Å². The molecule has 0 saturated heterocycles. The van der Waals surface area contributed by atoms with Crippen molar-refractivity contribution in [1.82, 2.24) is 9.38 Å². The number of thiazole rings is 1. The lowest BCUT2D eigenvalue weighted by atomic mass is 10.1. The van der Waals surface area contributed by atoms with Crippen molar-refractivity contribution in [3.05, 3.63) is 72.0 Å². The number of hydrogen-bond donors (Lipinski definition) is 0. The molecule has 7 nitrogen and oxygen atoms in total. The van der Waals surface area contributed by atoms with E-state index < -0.39 is 4.92 Å². The molecule has 28 heavy (non-hydrogen) atoms. The minimum absolute atomic E-state index is 0.00378. The van der Waals surface area contributed by atoms with Crippen LogP contribution in [-0.2, 0) is 0 Å². The summed E-state index contributed by atoms with van der Waals surface area (Å²) < 4.78 is 2.11. The van der Waals surface area contributed by atoms with E-state index in [1.54, 1.807) is 41.6 Å². The molecule has 0 fully saturated rings. The lowest BCUT2D eigenvalue weighted by Crippen LogP contribution is -2.22. The van der Waals surface area contributed by atoms with Crippen molar-refractivity contribution in [3.8, 4) is 0 Å². The molecule has 0 N–H and O–H groups in total. The first-order chi connectivity index (χ1) is 13.3. The van der Waals surface area contributed by atoms with Gasteiger partial charge in [0, 0.05) is 20.2 Å². The summed E-state index contributed by atoms with van der Waals surface area (Å²) >= 11 is 1.28. The number of nitro groups is 1. The van der Waals surface area contributed by atoms with Gasteiger partial charge in [0.2, 0.25) is 0 Å². The highest BCUT2D eigenvalue weighted by molar-refractivity contribution is 7.15. The van der Waals surface area contributed by atoms with Gasteiger partial charge in [-0.15, -0.1) is 0 Å². The number of hydrogen-bond acceptors (Lipinski definition) is 6. The van der Waals surface area contributed by atoms with Gasteiger partial charge in [0.25, 0.3) is 11.2 Å². The summed E-state index contributed by atoms with van der Waals surface area (Å²) in [5, 5.41) is 11.4. The third kappa shape index (κ3) is 2.82. The highest BCUT2D eigenvalue weighted by Crippen LogP contribution is 2.28. The molecule has 8 heteroatoms. The van der Waals surface area contributed by atoms with Crippen LogP contribution >= 0.6 is 11.3 Å². The van der Waals surface area contributed by atoms with Crippen molar-refractivity contribution in [1.29, 1.82) is 0 Å². The van der Waals surface area contributed by atoms with Crippen molar-refractivity contribution in [2.45, 2.75) is 13.8 Å². The highest BCUT2D eigenvalue weighted by Gasteiger charge is 2.16. The Morgan fingerprint density at radius 1 is 1.18 bits per heavy atom. The van der Waals surface area contributed by atoms with Crippen LogP contribution in [0.15, 0.2) is 35.1 Å². The maximum atomic E-state index is 13.0. The topological polar surface area (TPSA) is 80.8 Å². The van der Waals surface area contributed by atoms with Crippen LogP contribution in [0.4, 0.5) is 11.4 Å². The standard InChI is InChI=1S/C20H18N4O3S/c1-11-7-14-16(8-12(11)2)23-19(25)18(28-20(23)21-14)10-13-5-6-15(22(3)4)17(9-13)24(26)27/h5-10H,1-4H3. The third-order valence-electron chi connectivity index (χ3n) is 4.83. The predicted octanol–water partition coefficient (Wildman–Crippen LogP) is 3.05. The van der Waals surface area contributed by atoms with Crippen LogP contribution in [0.1, 0.15) is 16.7 Å². The number of anilines is 1. The van der Waals surface area contributed by atoms with Gasteiger partial charge < -0.3 is 4.90 Å². The van der Waals surface area contributed by atoms with Gasteiger partial charge in [-0.25, -0.2) is 9.38 Å². The summed E-state index contributed by atoms with van der Waals surface area (Å²) in [6.45, 7) is 4.02. The second kappa shape index (κ2) is 6.42. The fourth-order valence-corrected chi connectivity index (χ4v) is 4.21. The van der Waals surface area contributed by atoms with Gasteiger partial charge >= 0.3 is 0 Å². The fourth-order valence-electron chi connectivity index (χ4n) is 3.22. The van der Waals surface area contributed by atoms with E-state index >= 15 is 0 Å². The maximum absolute atomic E-state index is 13.0. The molecule has 142 valence electrons. The number of aryl methyl sites for hydroxylation is 2. The third-order valence-corrected chi connectivity index (χ3v) is 5.80. The SMILES string of the molecule is Cc1cc2nc3sc(=Cc4ccc(N(C)C)c([N+](=O)[O-])c4)c(=O)n3c2cc1C. The van der Waals surface area contributed by atoms with E-state index in [0.717, 1.165) is 22.2 Å². The molecule has 0 atom stereocenters. The Morgan fingerprint density at radius 3 is 2.57 bits per heavy atom. The van der Waals surface area contributed by atoms with Crippen LogP contribution in [0.5, 0.6) is 0 Å². The molecule has 2 aromatic carbocycles. The first kappa shape index (κ1) is 18.1. The Bertz CT molecular complexity index is 1370. The molecule has 0 aliphatic carbocycles. The number of rotatable bonds is 3. The van der Waals surface area contributed by atoms with Crippen LogP contribution in [-0.4, -0.2) is 28.4 Å². The first-order valence-corrected chi connectivity index (χ1v) is 9.47. The van der Waals surface area contributed by atoms with Crippen molar-refractivity contribution in [2.75, 3.05) is 19.0 Å². The summed E-state index contributed by atoms with van der Waals surface area (Å²) in [4.78, 5) is 30.8. The van der Waals surface area contributed by atoms with Gasteiger partial charge in [0.05, 0.1) is 20.5 Å². The van der Waals surface area contributed by atoms with Crippen LogP contribution in [0.2, 0.25) is 0 Å². The largest absolute Gasteiger partial charge is 0.372 e. The maximum Gasteiger partial charge on any atom is 0.293 e. The summed E-state index contributed by atoms with van der Waals surface area (Å²) in [6.07, 6.45) is 1.68. The molecule has 2 heterocycles. The minimum atomic E-state index is -0.412. The second-order valence-corrected chi connectivity index (χ2v) is 7.98. The lowest BCUT2D eigenvalue weighted by Gasteiger charge is -2.12. The summed E-state index contributed by atoms with van der Waals surface area (Å²) in [5.74, 6) is 0. The number of benzene rings is 2. The lowest BCUT2D eigenvalue weighted by molar-refractivity contribution is -0.384. The molecule has 2 aromatic heterocycles. The molecule has 0 aliphatic rings. The Labute approximate surface area is 164 Å². The highest BCUT2D eigenvalue weighted by atomic mass is 32.1. The molecule has 0 radical (unpaired) electrons. The molecule has 0 amide bonds. The van der Waals surface area contributed by atoms with Crippen molar-refractivity contribution in [3.63, 3.8) is 0 Å². The van der Waals surface area contributed by atoms with Gasteiger partial charge in [-0.1, -0.05) is 17.4 Å². The monoisotopic (exact) mass is 394 g/mol. The zero-order chi connectivity index (χ0) is 20.2. The molecular weight excluding hydrogens is 376 g/mol. The van der Waals surface area contributed by atoms with E-state index in [2.05, 4.69) is 4.98 Å². The van der Waals surface area contributed by atoms with E-state index in [1.807, 2.05) is 26.0 Å². The molecule has 0 aliphatic heterocycles. The zero-order valence-corrected chi connectivity index (χ0v) is 16.7. The van der Waals surface area contributed by atoms with E-state index in [9.17, 15) is 14.9 Å². The molecule has 0 unspecified atom stereocenters. The Kier molecular flexibility index (Phi) is 4.15. The van der Waals surface area contributed by atoms with Crippen molar-refractivity contribution >= 4 is 44.8 Å². The summed E-state index contributed by atoms with van der Waals surface area (Å²) in [7, 11) is 3.51. The van der Waals surface area contributed by atoms with Crippen LogP contribution < -0.4 is 15.0 Å². The Morgan fingerprint density at radius 2 is 1.89 bits per heavy atom. The molecule has 0 bridgehead atoms. The predicted molar refractivity (Wildman–Crippen MR) is 113 cm³/mol. The van der Waals surface area contributed by atoms with Gasteiger partial charge in [-0.2, -0.15) is 0 Å². The van der Waals surface area contributed by atoms with E-state index in [0.29, 0.717) is 20.7 Å². The summed E-state index contributed by atoms with van der Waals surface area (Å²) in [5.41, 5.74) is 4.77. The average molecular weight is 394 g/mol. The smallest absolute Gasteiger partial charge is 0.293 e. The molecule has 4 rings (SSSR count).